The maximum Gasteiger partial charge on any atom is 0.416 e. The van der Waals surface area contributed by atoms with Gasteiger partial charge in [-0.3, -0.25) is 9.59 Å². The molecule has 1 saturated heterocycles. The van der Waals surface area contributed by atoms with Crippen LogP contribution in [-0.2, 0) is 11.0 Å². The second kappa shape index (κ2) is 9.76. The topological polar surface area (TPSA) is 49.4 Å². The molecule has 1 aliphatic rings. The lowest BCUT2D eigenvalue weighted by atomic mass is 9.96. The molecule has 0 saturated carbocycles. The van der Waals surface area contributed by atoms with Gasteiger partial charge in [0.1, 0.15) is 0 Å². The Kier molecular flexibility index (Phi) is 7.68. The van der Waals surface area contributed by atoms with Gasteiger partial charge in [0.25, 0.3) is 5.91 Å². The summed E-state index contributed by atoms with van der Waals surface area (Å²) in [5.41, 5.74) is -0.568. The smallest absolute Gasteiger partial charge is 0.356 e. The third-order valence-corrected chi connectivity index (χ3v) is 4.87. The quantitative estimate of drug-likeness (QED) is 0.715. The summed E-state index contributed by atoms with van der Waals surface area (Å²) in [7, 11) is 0. The van der Waals surface area contributed by atoms with Crippen LogP contribution < -0.4 is 5.32 Å². The molecule has 2 amide bonds. The number of amides is 2. The first kappa shape index (κ1) is 21.3. The van der Waals surface area contributed by atoms with Gasteiger partial charge in [-0.25, -0.2) is 0 Å². The summed E-state index contributed by atoms with van der Waals surface area (Å²) in [6.45, 7) is 3.59. The molecule has 7 heteroatoms. The number of halogens is 3. The SMILES string of the molecule is CCCCCCNC(=O)C1CCCN(C(=O)c2ccc(C(F)(F)F)cc2)C1. The van der Waals surface area contributed by atoms with Crippen LogP contribution in [-0.4, -0.2) is 36.3 Å². The summed E-state index contributed by atoms with van der Waals surface area (Å²) in [4.78, 5) is 26.5. The van der Waals surface area contributed by atoms with Gasteiger partial charge in [0.15, 0.2) is 0 Å². The Morgan fingerprint density at radius 3 is 2.48 bits per heavy atom. The third kappa shape index (κ3) is 6.26. The van der Waals surface area contributed by atoms with Crippen LogP contribution in [0.3, 0.4) is 0 Å². The van der Waals surface area contributed by atoms with Crippen LogP contribution in [0.5, 0.6) is 0 Å². The highest BCUT2D eigenvalue weighted by Gasteiger charge is 2.31. The summed E-state index contributed by atoms with van der Waals surface area (Å²) >= 11 is 0. The number of rotatable bonds is 7. The average molecular weight is 384 g/mol. The highest BCUT2D eigenvalue weighted by Crippen LogP contribution is 2.29. The van der Waals surface area contributed by atoms with Crippen LogP contribution in [0, 0.1) is 5.92 Å². The molecule has 1 atom stereocenters. The largest absolute Gasteiger partial charge is 0.416 e. The van der Waals surface area contributed by atoms with Crippen molar-refractivity contribution in [3.8, 4) is 0 Å². The molecule has 1 aromatic carbocycles. The zero-order valence-corrected chi connectivity index (χ0v) is 15.6. The number of hydrogen-bond donors (Lipinski definition) is 1. The fourth-order valence-corrected chi connectivity index (χ4v) is 3.27. The van der Waals surface area contributed by atoms with E-state index in [1.807, 2.05) is 0 Å². The van der Waals surface area contributed by atoms with Crippen LogP contribution >= 0.6 is 0 Å². The van der Waals surface area contributed by atoms with E-state index in [-0.39, 0.29) is 23.3 Å². The lowest BCUT2D eigenvalue weighted by Crippen LogP contribution is -2.45. The number of nitrogens with zero attached hydrogens (tertiary/aromatic N) is 1. The molecule has 150 valence electrons. The molecule has 4 nitrogen and oxygen atoms in total. The highest BCUT2D eigenvalue weighted by atomic mass is 19.4. The molecule has 27 heavy (non-hydrogen) atoms. The van der Waals surface area contributed by atoms with Gasteiger partial charge in [-0.15, -0.1) is 0 Å². The monoisotopic (exact) mass is 384 g/mol. The molecule has 0 radical (unpaired) electrons. The Morgan fingerprint density at radius 1 is 1.15 bits per heavy atom. The number of benzene rings is 1. The predicted octanol–water partition coefficient (Wildman–Crippen LogP) is 4.25. The number of hydrogen-bond acceptors (Lipinski definition) is 2. The number of likely N-dealkylation sites (tertiary alicyclic amines) is 1. The van der Waals surface area contributed by atoms with E-state index in [4.69, 9.17) is 0 Å². The highest BCUT2D eigenvalue weighted by molar-refractivity contribution is 5.94. The number of carbonyl (C=O) groups is 2. The van der Waals surface area contributed by atoms with Gasteiger partial charge in [-0.2, -0.15) is 13.2 Å². The van der Waals surface area contributed by atoms with Crippen LogP contribution in [0.2, 0.25) is 0 Å². The molecule has 0 aliphatic carbocycles. The Labute approximate surface area is 158 Å². The molecule has 1 unspecified atom stereocenters. The molecule has 1 N–H and O–H groups in total. The normalized spacial score (nSPS) is 17.6. The number of unbranched alkanes of at least 4 members (excludes halogenated alkanes) is 3. The van der Waals surface area contributed by atoms with Crippen molar-refractivity contribution in [3.05, 3.63) is 35.4 Å². The van der Waals surface area contributed by atoms with Crippen molar-refractivity contribution in [2.75, 3.05) is 19.6 Å². The predicted molar refractivity (Wildman–Crippen MR) is 97.2 cm³/mol. The first-order valence-corrected chi connectivity index (χ1v) is 9.57. The zero-order valence-electron chi connectivity index (χ0n) is 15.6. The van der Waals surface area contributed by atoms with Crippen LogP contribution in [0.25, 0.3) is 0 Å². The first-order valence-electron chi connectivity index (χ1n) is 9.57. The van der Waals surface area contributed by atoms with Crippen LogP contribution in [0.1, 0.15) is 61.4 Å². The minimum absolute atomic E-state index is 0.0450. The van der Waals surface area contributed by atoms with Crippen molar-refractivity contribution in [1.29, 1.82) is 0 Å². The maximum absolute atomic E-state index is 12.6. The minimum Gasteiger partial charge on any atom is -0.356 e. The molecule has 1 aromatic rings. The van der Waals surface area contributed by atoms with Gasteiger partial charge < -0.3 is 10.2 Å². The number of alkyl halides is 3. The van der Waals surface area contributed by atoms with Crippen LogP contribution in [0.15, 0.2) is 24.3 Å². The molecular formula is C20H27F3N2O2. The second-order valence-corrected chi connectivity index (χ2v) is 7.02. The van der Waals surface area contributed by atoms with E-state index in [0.717, 1.165) is 44.2 Å². The van der Waals surface area contributed by atoms with Gasteiger partial charge in [-0.05, 0) is 43.5 Å². The molecule has 1 heterocycles. The second-order valence-electron chi connectivity index (χ2n) is 7.02. The Balaban J connectivity index is 1.89. The fourth-order valence-electron chi connectivity index (χ4n) is 3.27. The first-order chi connectivity index (χ1) is 12.8. The molecule has 0 bridgehead atoms. The standard InChI is InChI=1S/C20H27F3N2O2/c1-2-3-4-5-12-24-18(26)16-7-6-13-25(14-16)19(27)15-8-10-17(11-9-15)20(21,22)23/h8-11,16H,2-7,12-14H2,1H3,(H,24,26). The van der Waals surface area contributed by atoms with Crippen molar-refractivity contribution >= 4 is 11.8 Å². The van der Waals surface area contributed by atoms with Gasteiger partial charge in [-0.1, -0.05) is 26.2 Å². The summed E-state index contributed by atoms with van der Waals surface area (Å²) in [6.07, 6.45) is 1.32. The Hall–Kier alpha value is -2.05. The summed E-state index contributed by atoms with van der Waals surface area (Å²) < 4.78 is 37.9. The van der Waals surface area contributed by atoms with E-state index in [9.17, 15) is 22.8 Å². The summed E-state index contributed by atoms with van der Waals surface area (Å²) in [6, 6.07) is 4.22. The molecule has 0 aromatic heterocycles. The van der Waals surface area contributed by atoms with Crippen molar-refractivity contribution in [3.63, 3.8) is 0 Å². The molecule has 0 spiro atoms. The summed E-state index contributed by atoms with van der Waals surface area (Å²) in [5.74, 6) is -0.635. The Bertz CT molecular complexity index is 629. The number of piperidine rings is 1. The van der Waals surface area contributed by atoms with Crippen molar-refractivity contribution in [2.24, 2.45) is 5.92 Å². The van der Waals surface area contributed by atoms with Crippen LogP contribution in [0.4, 0.5) is 13.2 Å². The molecular weight excluding hydrogens is 357 g/mol. The van der Waals surface area contributed by atoms with Crippen molar-refractivity contribution in [2.45, 2.75) is 51.6 Å². The minimum atomic E-state index is -4.42. The lowest BCUT2D eigenvalue weighted by molar-refractivity contribution is -0.137. The van der Waals surface area contributed by atoms with Gasteiger partial charge in [0, 0.05) is 25.2 Å². The molecule has 1 fully saturated rings. The van der Waals surface area contributed by atoms with E-state index in [1.54, 1.807) is 4.90 Å². The van der Waals surface area contributed by atoms with E-state index >= 15 is 0 Å². The van der Waals surface area contributed by atoms with E-state index in [2.05, 4.69) is 12.2 Å². The van der Waals surface area contributed by atoms with Gasteiger partial charge >= 0.3 is 6.18 Å². The maximum atomic E-state index is 12.6. The number of carbonyl (C=O) groups excluding carboxylic acids is 2. The Morgan fingerprint density at radius 2 is 1.85 bits per heavy atom. The summed E-state index contributed by atoms with van der Waals surface area (Å²) in [5, 5.41) is 2.93. The average Bonchev–Trinajstić information content (AvgIpc) is 2.66. The molecule has 2 rings (SSSR count). The third-order valence-electron chi connectivity index (χ3n) is 4.87. The fraction of sp³-hybridized carbons (Fsp3) is 0.600. The van der Waals surface area contributed by atoms with E-state index in [1.165, 1.54) is 12.1 Å². The molecule has 1 aliphatic heterocycles. The number of nitrogens with one attached hydrogen (secondary N) is 1. The van der Waals surface area contributed by atoms with Gasteiger partial charge in [0.2, 0.25) is 5.91 Å². The van der Waals surface area contributed by atoms with E-state index < -0.39 is 11.7 Å². The lowest BCUT2D eigenvalue weighted by Gasteiger charge is -2.32. The van der Waals surface area contributed by atoms with Crippen molar-refractivity contribution in [1.82, 2.24) is 10.2 Å². The van der Waals surface area contributed by atoms with Gasteiger partial charge in [0.05, 0.1) is 11.5 Å². The van der Waals surface area contributed by atoms with Crippen molar-refractivity contribution < 1.29 is 22.8 Å². The van der Waals surface area contributed by atoms with E-state index in [0.29, 0.717) is 26.1 Å². The zero-order chi connectivity index (χ0) is 19.9.